The van der Waals surface area contributed by atoms with Gasteiger partial charge in [-0.1, -0.05) is 6.07 Å². The summed E-state index contributed by atoms with van der Waals surface area (Å²) in [5.74, 6) is -0.741. The highest BCUT2D eigenvalue weighted by Gasteiger charge is 2.33. The van der Waals surface area contributed by atoms with Gasteiger partial charge in [0.05, 0.1) is 23.4 Å². The number of benzene rings is 2. The van der Waals surface area contributed by atoms with Gasteiger partial charge in [-0.25, -0.2) is 4.31 Å². The van der Waals surface area contributed by atoms with Crippen molar-refractivity contribution in [2.24, 2.45) is 11.5 Å². The first-order valence-electron chi connectivity index (χ1n) is 9.94. The van der Waals surface area contributed by atoms with Crippen molar-refractivity contribution in [2.45, 2.75) is 36.5 Å². The van der Waals surface area contributed by atoms with Crippen molar-refractivity contribution in [3.8, 4) is 11.5 Å². The molecule has 0 saturated carbocycles. The number of nitrogens with two attached hydrogens (primary N) is 2. The summed E-state index contributed by atoms with van der Waals surface area (Å²) in [6.07, 6.45) is -0.144. The summed E-state index contributed by atoms with van der Waals surface area (Å²) < 4.78 is 2.14. The molecular formula is C21H25N5O4S. The molecule has 10 heteroatoms. The van der Waals surface area contributed by atoms with Crippen LogP contribution < -0.4 is 16.8 Å². The van der Waals surface area contributed by atoms with Gasteiger partial charge in [0.15, 0.2) is 0 Å². The minimum absolute atomic E-state index is 0.0355. The van der Waals surface area contributed by atoms with E-state index in [9.17, 15) is 19.8 Å². The number of primary amides is 1. The van der Waals surface area contributed by atoms with Crippen LogP contribution in [0.4, 0.5) is 5.69 Å². The molecule has 31 heavy (non-hydrogen) atoms. The summed E-state index contributed by atoms with van der Waals surface area (Å²) in [6.45, 7) is 2.55. The van der Waals surface area contributed by atoms with E-state index in [4.69, 9.17) is 11.5 Å². The monoisotopic (exact) mass is 443 g/mol. The van der Waals surface area contributed by atoms with Crippen molar-refractivity contribution in [3.63, 3.8) is 0 Å². The summed E-state index contributed by atoms with van der Waals surface area (Å²) in [4.78, 5) is 25.4. The second-order valence-electron chi connectivity index (χ2n) is 7.89. The SMILES string of the molecule is NC(=O)CC(N)C(=O)N1CC(Nc2ccc3c(c2)CN(Sc2ccc(O)cc2O)C3)C1. The second-order valence-corrected chi connectivity index (χ2v) is 9.03. The van der Waals surface area contributed by atoms with E-state index in [-0.39, 0.29) is 29.9 Å². The highest BCUT2D eigenvalue weighted by Crippen LogP contribution is 2.38. The number of aromatic hydroxyl groups is 2. The third-order valence-electron chi connectivity index (χ3n) is 5.37. The van der Waals surface area contributed by atoms with Crippen LogP contribution in [0.3, 0.4) is 0 Å². The maximum Gasteiger partial charge on any atom is 0.240 e. The van der Waals surface area contributed by atoms with E-state index < -0.39 is 11.9 Å². The Balaban J connectivity index is 1.30. The fraction of sp³-hybridized carbons (Fsp3) is 0.333. The van der Waals surface area contributed by atoms with Gasteiger partial charge >= 0.3 is 0 Å². The number of nitrogens with zero attached hydrogens (tertiary/aromatic N) is 2. The lowest BCUT2D eigenvalue weighted by Crippen LogP contribution is -2.60. The standard InChI is InChI=1S/C21H25N5O4S/c22-17(7-20(23)29)21(30)25-10-15(11-25)24-14-2-1-12-8-26(9-13(12)5-14)31-19-4-3-16(27)6-18(19)28/h1-6,15,17,24,27-28H,7-11,22H2,(H2,23,29). The average Bonchev–Trinajstić information content (AvgIpc) is 3.07. The molecule has 2 aromatic carbocycles. The lowest BCUT2D eigenvalue weighted by molar-refractivity contribution is -0.138. The maximum absolute atomic E-state index is 12.2. The first kappa shape index (κ1) is 21.3. The van der Waals surface area contributed by atoms with Crippen molar-refractivity contribution >= 4 is 29.4 Å². The summed E-state index contributed by atoms with van der Waals surface area (Å²) in [5, 5.41) is 22.9. The van der Waals surface area contributed by atoms with Crippen LogP contribution in [0.1, 0.15) is 17.5 Å². The third-order valence-corrected chi connectivity index (χ3v) is 6.43. The largest absolute Gasteiger partial charge is 0.508 e. The van der Waals surface area contributed by atoms with E-state index >= 15 is 0 Å². The van der Waals surface area contributed by atoms with Crippen molar-refractivity contribution in [1.29, 1.82) is 0 Å². The molecule has 0 aliphatic carbocycles. The Morgan fingerprint density at radius 2 is 1.87 bits per heavy atom. The molecule has 7 N–H and O–H groups in total. The van der Waals surface area contributed by atoms with Crippen molar-refractivity contribution in [2.75, 3.05) is 18.4 Å². The zero-order valence-corrected chi connectivity index (χ0v) is 17.6. The van der Waals surface area contributed by atoms with Crippen LogP contribution in [-0.2, 0) is 22.7 Å². The normalized spacial score (nSPS) is 17.1. The van der Waals surface area contributed by atoms with Crippen LogP contribution in [0.2, 0.25) is 0 Å². The second kappa shape index (κ2) is 8.66. The first-order chi connectivity index (χ1) is 14.8. The molecule has 0 bridgehead atoms. The quantitative estimate of drug-likeness (QED) is 0.398. The Morgan fingerprint density at radius 1 is 1.13 bits per heavy atom. The van der Waals surface area contributed by atoms with Crippen molar-refractivity contribution < 1.29 is 19.8 Å². The number of phenolic OH excluding ortho intramolecular Hbond substituents is 2. The van der Waals surface area contributed by atoms with E-state index in [0.29, 0.717) is 18.0 Å². The molecule has 2 aromatic rings. The predicted octanol–water partition coefficient (Wildman–Crippen LogP) is 0.946. The number of carbonyl (C=O) groups is 2. The molecular weight excluding hydrogens is 418 g/mol. The van der Waals surface area contributed by atoms with Gasteiger partial charge in [0, 0.05) is 37.9 Å². The molecule has 2 aliphatic heterocycles. The molecule has 164 valence electrons. The number of carbonyl (C=O) groups excluding carboxylic acids is 2. The number of likely N-dealkylation sites (tertiary alicyclic amines) is 1. The van der Waals surface area contributed by atoms with Gasteiger partial charge in [0.2, 0.25) is 11.8 Å². The molecule has 4 rings (SSSR count). The topological polar surface area (TPSA) is 145 Å². The van der Waals surface area contributed by atoms with Crippen LogP contribution in [0, 0.1) is 0 Å². The molecule has 2 heterocycles. The molecule has 1 fully saturated rings. The minimum atomic E-state index is -0.880. The summed E-state index contributed by atoms with van der Waals surface area (Å²) in [6, 6.07) is 10.0. The van der Waals surface area contributed by atoms with Gasteiger partial charge < -0.3 is 31.9 Å². The molecule has 9 nitrogen and oxygen atoms in total. The number of anilines is 1. The maximum atomic E-state index is 12.2. The molecule has 0 radical (unpaired) electrons. The predicted molar refractivity (Wildman–Crippen MR) is 117 cm³/mol. The van der Waals surface area contributed by atoms with Crippen LogP contribution >= 0.6 is 11.9 Å². The lowest BCUT2D eigenvalue weighted by Gasteiger charge is -2.41. The van der Waals surface area contributed by atoms with E-state index in [2.05, 4.69) is 21.8 Å². The van der Waals surface area contributed by atoms with E-state index in [1.165, 1.54) is 29.1 Å². The van der Waals surface area contributed by atoms with Crippen molar-refractivity contribution in [3.05, 3.63) is 47.5 Å². The Morgan fingerprint density at radius 3 is 2.58 bits per heavy atom. The fourth-order valence-corrected chi connectivity index (χ4v) is 4.73. The van der Waals surface area contributed by atoms with Gasteiger partial charge in [0.1, 0.15) is 11.5 Å². The third kappa shape index (κ3) is 4.87. The Kier molecular flexibility index (Phi) is 5.94. The number of amides is 2. The van der Waals surface area contributed by atoms with Crippen LogP contribution in [0.5, 0.6) is 11.5 Å². The summed E-state index contributed by atoms with van der Waals surface area (Å²) in [5.41, 5.74) is 14.2. The molecule has 1 saturated heterocycles. The molecule has 0 spiro atoms. The van der Waals surface area contributed by atoms with Crippen LogP contribution in [-0.4, -0.2) is 56.4 Å². The summed E-state index contributed by atoms with van der Waals surface area (Å²) >= 11 is 1.45. The number of hydrogen-bond donors (Lipinski definition) is 5. The Hall–Kier alpha value is -2.95. The van der Waals surface area contributed by atoms with Gasteiger partial charge in [-0.15, -0.1) is 0 Å². The highest BCUT2D eigenvalue weighted by molar-refractivity contribution is 7.97. The van der Waals surface area contributed by atoms with Gasteiger partial charge in [-0.05, 0) is 47.3 Å². The molecule has 1 unspecified atom stereocenters. The number of fused-ring (bicyclic) bond motifs is 1. The van der Waals surface area contributed by atoms with E-state index in [0.717, 1.165) is 18.8 Å². The fourth-order valence-electron chi connectivity index (χ4n) is 3.76. The van der Waals surface area contributed by atoms with Crippen LogP contribution in [0.15, 0.2) is 41.3 Å². The average molecular weight is 444 g/mol. The minimum Gasteiger partial charge on any atom is -0.508 e. The number of hydrogen-bond acceptors (Lipinski definition) is 8. The zero-order chi connectivity index (χ0) is 22.1. The number of rotatable bonds is 7. The number of phenols is 2. The van der Waals surface area contributed by atoms with Crippen LogP contribution in [0.25, 0.3) is 0 Å². The Bertz CT molecular complexity index is 1010. The highest BCUT2D eigenvalue weighted by atomic mass is 32.2. The first-order valence-corrected chi connectivity index (χ1v) is 10.7. The number of nitrogens with one attached hydrogen (secondary N) is 1. The van der Waals surface area contributed by atoms with Crippen molar-refractivity contribution in [1.82, 2.24) is 9.21 Å². The van der Waals surface area contributed by atoms with E-state index in [1.807, 2.05) is 6.07 Å². The lowest BCUT2D eigenvalue weighted by atomic mass is 10.0. The van der Waals surface area contributed by atoms with E-state index in [1.54, 1.807) is 17.0 Å². The van der Waals surface area contributed by atoms with Gasteiger partial charge in [0.25, 0.3) is 0 Å². The van der Waals surface area contributed by atoms with Gasteiger partial charge in [-0.3, -0.25) is 9.59 Å². The summed E-state index contributed by atoms with van der Waals surface area (Å²) in [7, 11) is 0. The zero-order valence-electron chi connectivity index (χ0n) is 16.8. The molecule has 2 amide bonds. The molecule has 2 aliphatic rings. The Labute approximate surface area is 184 Å². The van der Waals surface area contributed by atoms with Gasteiger partial charge in [-0.2, -0.15) is 0 Å². The molecule has 0 aromatic heterocycles. The smallest absolute Gasteiger partial charge is 0.240 e. The molecule has 1 atom stereocenters.